The van der Waals surface area contributed by atoms with Crippen LogP contribution < -0.4 is 10.6 Å². The number of hydrogen-bond donors (Lipinski definition) is 2. The van der Waals surface area contributed by atoms with E-state index in [1.54, 1.807) is 24.5 Å². The number of pyridine rings is 1. The highest BCUT2D eigenvalue weighted by molar-refractivity contribution is 5.73. The van der Waals surface area contributed by atoms with Gasteiger partial charge in [0.15, 0.2) is 0 Å². The Kier molecular flexibility index (Phi) is 5.50. The molecule has 0 amide bonds. The van der Waals surface area contributed by atoms with Crippen LogP contribution in [-0.2, 0) is 0 Å². The van der Waals surface area contributed by atoms with Gasteiger partial charge in [-0.3, -0.25) is 15.1 Å². The molecule has 2 aromatic rings. The van der Waals surface area contributed by atoms with E-state index in [1.165, 1.54) is 24.7 Å². The molecule has 2 aromatic heterocycles. The average Bonchev–Trinajstić information content (AvgIpc) is 2.63. The van der Waals surface area contributed by atoms with Crippen LogP contribution in [0, 0.1) is 10.1 Å². The highest BCUT2D eigenvalue weighted by atomic mass is 16.6. The van der Waals surface area contributed by atoms with Gasteiger partial charge in [0.2, 0.25) is 11.6 Å². The van der Waals surface area contributed by atoms with Crippen molar-refractivity contribution < 1.29 is 4.92 Å². The average molecular weight is 340 g/mol. The van der Waals surface area contributed by atoms with Crippen molar-refractivity contribution in [1.29, 1.82) is 0 Å². The van der Waals surface area contributed by atoms with Crippen molar-refractivity contribution >= 4 is 23.0 Å². The molecule has 8 nitrogen and oxygen atoms in total. The predicted molar refractivity (Wildman–Crippen MR) is 95.9 cm³/mol. The lowest BCUT2D eigenvalue weighted by molar-refractivity contribution is -0.383. The summed E-state index contributed by atoms with van der Waals surface area (Å²) in [4.78, 5) is 23.1. The zero-order valence-corrected chi connectivity index (χ0v) is 13.8. The molecule has 2 N–H and O–H groups in total. The molecule has 25 heavy (non-hydrogen) atoms. The summed E-state index contributed by atoms with van der Waals surface area (Å²) in [6.07, 6.45) is 12.4. The molecular weight excluding hydrogens is 320 g/mol. The Hall–Kier alpha value is -3.03. The SMILES string of the molecule is O=[N+]([O-])c1c(NCCC2=CCCCC2)ncnc1Nc1cccnc1. The van der Waals surface area contributed by atoms with Gasteiger partial charge < -0.3 is 10.6 Å². The van der Waals surface area contributed by atoms with Gasteiger partial charge in [-0.2, -0.15) is 0 Å². The number of nitro groups is 1. The largest absolute Gasteiger partial charge is 0.364 e. The maximum Gasteiger partial charge on any atom is 0.353 e. The molecule has 2 heterocycles. The van der Waals surface area contributed by atoms with Crippen molar-refractivity contribution in [2.45, 2.75) is 32.1 Å². The van der Waals surface area contributed by atoms with Gasteiger partial charge in [0.05, 0.1) is 16.8 Å². The molecule has 130 valence electrons. The van der Waals surface area contributed by atoms with E-state index in [-0.39, 0.29) is 17.3 Å². The van der Waals surface area contributed by atoms with E-state index in [0.29, 0.717) is 12.2 Å². The number of nitrogens with one attached hydrogen (secondary N) is 2. The summed E-state index contributed by atoms with van der Waals surface area (Å²) in [7, 11) is 0. The van der Waals surface area contributed by atoms with E-state index in [9.17, 15) is 10.1 Å². The van der Waals surface area contributed by atoms with E-state index in [0.717, 1.165) is 19.3 Å². The van der Waals surface area contributed by atoms with Gasteiger partial charge in [-0.25, -0.2) is 9.97 Å². The third-order valence-corrected chi connectivity index (χ3v) is 4.05. The van der Waals surface area contributed by atoms with Crippen LogP contribution in [0.25, 0.3) is 0 Å². The lowest BCUT2D eigenvalue weighted by Crippen LogP contribution is -2.10. The summed E-state index contributed by atoms with van der Waals surface area (Å²) in [5.74, 6) is 0.371. The van der Waals surface area contributed by atoms with Crippen LogP contribution in [0.5, 0.6) is 0 Å². The maximum atomic E-state index is 11.5. The summed E-state index contributed by atoms with van der Waals surface area (Å²) in [6.45, 7) is 0.607. The van der Waals surface area contributed by atoms with E-state index < -0.39 is 4.92 Å². The molecule has 3 rings (SSSR count). The third kappa shape index (κ3) is 4.50. The smallest absolute Gasteiger partial charge is 0.353 e. The first kappa shape index (κ1) is 16.8. The number of rotatable bonds is 7. The Labute approximate surface area is 145 Å². The maximum absolute atomic E-state index is 11.5. The molecule has 0 saturated heterocycles. The van der Waals surface area contributed by atoms with Crippen molar-refractivity contribution in [3.63, 3.8) is 0 Å². The number of hydrogen-bond acceptors (Lipinski definition) is 7. The highest BCUT2D eigenvalue weighted by Gasteiger charge is 2.23. The zero-order chi connectivity index (χ0) is 17.5. The van der Waals surface area contributed by atoms with Crippen molar-refractivity contribution in [3.05, 3.63) is 52.6 Å². The topological polar surface area (TPSA) is 106 Å². The molecule has 0 fully saturated rings. The Morgan fingerprint density at radius 1 is 1.24 bits per heavy atom. The predicted octanol–water partition coefficient (Wildman–Crippen LogP) is 3.83. The number of anilines is 3. The van der Waals surface area contributed by atoms with Crippen LogP contribution in [0.15, 0.2) is 42.5 Å². The quantitative estimate of drug-likeness (QED) is 0.448. The second kappa shape index (κ2) is 8.18. The van der Waals surface area contributed by atoms with Gasteiger partial charge in [0.25, 0.3) is 0 Å². The molecule has 0 bridgehead atoms. The molecule has 0 atom stereocenters. The Bertz CT molecular complexity index is 763. The van der Waals surface area contributed by atoms with Crippen LogP contribution in [0.3, 0.4) is 0 Å². The molecule has 0 spiro atoms. The number of nitrogens with zero attached hydrogens (tertiary/aromatic N) is 4. The Morgan fingerprint density at radius 3 is 2.84 bits per heavy atom. The van der Waals surface area contributed by atoms with E-state index in [4.69, 9.17) is 0 Å². The molecular formula is C17H20N6O2. The highest BCUT2D eigenvalue weighted by Crippen LogP contribution is 2.31. The first-order valence-electron chi connectivity index (χ1n) is 8.32. The summed E-state index contributed by atoms with van der Waals surface area (Å²) in [5.41, 5.74) is 1.87. The van der Waals surface area contributed by atoms with E-state index >= 15 is 0 Å². The Morgan fingerprint density at radius 2 is 2.12 bits per heavy atom. The normalized spacial score (nSPS) is 13.8. The molecule has 0 aromatic carbocycles. The van der Waals surface area contributed by atoms with Crippen molar-refractivity contribution in [2.75, 3.05) is 17.2 Å². The second-order valence-corrected chi connectivity index (χ2v) is 5.83. The first-order chi connectivity index (χ1) is 12.2. The number of allylic oxidation sites excluding steroid dienone is 1. The van der Waals surface area contributed by atoms with Gasteiger partial charge in [-0.1, -0.05) is 11.6 Å². The van der Waals surface area contributed by atoms with Crippen LogP contribution in [0.2, 0.25) is 0 Å². The van der Waals surface area contributed by atoms with Gasteiger partial charge >= 0.3 is 5.69 Å². The van der Waals surface area contributed by atoms with E-state index in [1.807, 2.05) is 0 Å². The summed E-state index contributed by atoms with van der Waals surface area (Å²) in [6, 6.07) is 3.51. The van der Waals surface area contributed by atoms with Crippen molar-refractivity contribution in [1.82, 2.24) is 15.0 Å². The molecule has 0 saturated carbocycles. The minimum absolute atomic E-state index is 0.146. The molecule has 1 aliphatic rings. The second-order valence-electron chi connectivity index (χ2n) is 5.83. The molecule has 0 aliphatic heterocycles. The molecule has 0 unspecified atom stereocenters. The molecule has 0 radical (unpaired) electrons. The van der Waals surface area contributed by atoms with Gasteiger partial charge in [-0.15, -0.1) is 0 Å². The molecule has 8 heteroatoms. The van der Waals surface area contributed by atoms with Gasteiger partial charge in [0, 0.05) is 12.7 Å². The fraction of sp³-hybridized carbons (Fsp3) is 0.353. The summed E-state index contributed by atoms with van der Waals surface area (Å²) in [5, 5.41) is 17.5. The van der Waals surface area contributed by atoms with Crippen LogP contribution in [-0.4, -0.2) is 26.4 Å². The van der Waals surface area contributed by atoms with Gasteiger partial charge in [0.1, 0.15) is 6.33 Å². The first-order valence-corrected chi connectivity index (χ1v) is 8.32. The van der Waals surface area contributed by atoms with Crippen LogP contribution in [0.1, 0.15) is 32.1 Å². The van der Waals surface area contributed by atoms with Crippen LogP contribution >= 0.6 is 0 Å². The van der Waals surface area contributed by atoms with Crippen molar-refractivity contribution in [2.24, 2.45) is 0 Å². The number of aromatic nitrogens is 3. The molecule has 1 aliphatic carbocycles. The van der Waals surface area contributed by atoms with Gasteiger partial charge in [-0.05, 0) is 44.2 Å². The van der Waals surface area contributed by atoms with E-state index in [2.05, 4.69) is 31.7 Å². The summed E-state index contributed by atoms with van der Waals surface area (Å²) >= 11 is 0. The van der Waals surface area contributed by atoms with Crippen LogP contribution in [0.4, 0.5) is 23.0 Å². The standard InChI is InChI=1S/C17H20N6O2/c24-23(25)15-16(19-10-8-13-5-2-1-3-6-13)20-12-21-17(15)22-14-7-4-9-18-11-14/h4-5,7,9,11-12H,1-3,6,8,10H2,(H2,19,20,21,22). The fourth-order valence-electron chi connectivity index (χ4n) is 2.82. The lowest BCUT2D eigenvalue weighted by atomic mass is 9.97. The summed E-state index contributed by atoms with van der Waals surface area (Å²) < 4.78 is 0. The lowest BCUT2D eigenvalue weighted by Gasteiger charge is -2.13. The minimum atomic E-state index is -0.471. The Balaban J connectivity index is 1.73. The monoisotopic (exact) mass is 340 g/mol. The fourth-order valence-corrected chi connectivity index (χ4v) is 2.82. The minimum Gasteiger partial charge on any atom is -0.364 e. The van der Waals surface area contributed by atoms with Crippen molar-refractivity contribution in [3.8, 4) is 0 Å². The third-order valence-electron chi connectivity index (χ3n) is 4.05. The zero-order valence-electron chi connectivity index (χ0n) is 13.8.